The molecule has 1 N–H and O–H groups in total. The average Bonchev–Trinajstić information content (AvgIpc) is 2.80. The Kier molecular flexibility index (Phi) is 5.48. The second-order valence-corrected chi connectivity index (χ2v) is 5.62. The third kappa shape index (κ3) is 4.27. The van der Waals surface area contributed by atoms with Crippen molar-refractivity contribution in [3.8, 4) is 0 Å². The van der Waals surface area contributed by atoms with Crippen molar-refractivity contribution in [1.82, 2.24) is 10.2 Å². The zero-order valence-electron chi connectivity index (χ0n) is 11.6. The first-order valence-electron chi connectivity index (χ1n) is 6.65. The minimum Gasteiger partial charge on any atom is -0.354 e. The highest BCUT2D eigenvalue weighted by atomic mass is 32.2. The number of amides is 3. The van der Waals surface area contributed by atoms with Crippen LogP contribution >= 0.6 is 11.8 Å². The number of nitrogens with one attached hydrogen (secondary N) is 1. The molecule has 3 amide bonds. The van der Waals surface area contributed by atoms with E-state index in [0.717, 1.165) is 28.8 Å². The summed E-state index contributed by atoms with van der Waals surface area (Å²) in [5.41, 5.74) is 0.523. The van der Waals surface area contributed by atoms with Crippen molar-refractivity contribution < 1.29 is 23.2 Å². The van der Waals surface area contributed by atoms with Crippen LogP contribution in [0.5, 0.6) is 0 Å². The van der Waals surface area contributed by atoms with Gasteiger partial charge in [-0.05, 0) is 24.1 Å². The highest BCUT2D eigenvalue weighted by molar-refractivity contribution is 8.14. The number of hydrogen-bond donors (Lipinski definition) is 1. The molecule has 0 aromatic heterocycles. The van der Waals surface area contributed by atoms with Crippen LogP contribution in [0.2, 0.25) is 0 Å². The molecule has 22 heavy (non-hydrogen) atoms. The summed E-state index contributed by atoms with van der Waals surface area (Å²) in [6.07, 6.45) is 0.391. The smallest absolute Gasteiger partial charge is 0.288 e. The Bertz CT molecular complexity index is 594. The van der Waals surface area contributed by atoms with Crippen LogP contribution in [-0.2, 0) is 16.0 Å². The van der Waals surface area contributed by atoms with Crippen LogP contribution in [0.1, 0.15) is 12.0 Å². The van der Waals surface area contributed by atoms with E-state index in [1.807, 2.05) is 0 Å². The molecule has 0 bridgehead atoms. The minimum absolute atomic E-state index is 0.113. The van der Waals surface area contributed by atoms with Crippen LogP contribution in [0.25, 0.3) is 0 Å². The van der Waals surface area contributed by atoms with Gasteiger partial charge in [0.25, 0.3) is 5.24 Å². The summed E-state index contributed by atoms with van der Waals surface area (Å²) in [7, 11) is 0. The lowest BCUT2D eigenvalue weighted by atomic mass is 10.1. The van der Waals surface area contributed by atoms with Gasteiger partial charge in [0.15, 0.2) is 11.6 Å². The molecule has 0 radical (unpaired) electrons. The molecule has 0 unspecified atom stereocenters. The van der Waals surface area contributed by atoms with E-state index < -0.39 is 11.6 Å². The Hall–Kier alpha value is -1.96. The Morgan fingerprint density at radius 2 is 2.05 bits per heavy atom. The number of hydrogen-bond acceptors (Lipinski definition) is 4. The maximum Gasteiger partial charge on any atom is 0.288 e. The number of rotatable bonds is 6. The Morgan fingerprint density at radius 3 is 2.68 bits per heavy atom. The topological polar surface area (TPSA) is 66.5 Å². The van der Waals surface area contributed by atoms with Gasteiger partial charge in [-0.15, -0.1) is 0 Å². The van der Waals surface area contributed by atoms with Crippen LogP contribution in [0.4, 0.5) is 13.6 Å². The van der Waals surface area contributed by atoms with Crippen LogP contribution < -0.4 is 5.32 Å². The summed E-state index contributed by atoms with van der Waals surface area (Å²) < 4.78 is 25.8. The van der Waals surface area contributed by atoms with Crippen LogP contribution in [0, 0.1) is 11.6 Å². The van der Waals surface area contributed by atoms with Crippen LogP contribution in [-0.4, -0.2) is 40.8 Å². The molecule has 1 fully saturated rings. The standard InChI is InChI=1S/C14H14F2N2O3S/c15-10-3-1-9(7-11(10)16)2-4-12(19)17-5-6-18-13(20)8-22-14(18)21/h1,3,7H,2,4-6,8H2,(H,17,19). The fraction of sp³-hybridized carbons (Fsp3) is 0.357. The predicted molar refractivity (Wildman–Crippen MR) is 77.3 cm³/mol. The van der Waals surface area contributed by atoms with Gasteiger partial charge in [0.2, 0.25) is 11.8 Å². The Balaban J connectivity index is 1.70. The number of carbonyl (C=O) groups is 3. The fourth-order valence-corrected chi connectivity index (χ4v) is 2.70. The number of benzene rings is 1. The molecule has 118 valence electrons. The first-order chi connectivity index (χ1) is 10.5. The van der Waals surface area contributed by atoms with Crippen molar-refractivity contribution in [1.29, 1.82) is 0 Å². The lowest BCUT2D eigenvalue weighted by Gasteiger charge is -2.13. The summed E-state index contributed by atoms with van der Waals surface area (Å²) in [5.74, 6) is -2.27. The second-order valence-electron chi connectivity index (χ2n) is 4.70. The molecule has 1 aliphatic rings. The average molecular weight is 328 g/mol. The molecule has 1 aromatic rings. The number of carbonyl (C=O) groups excluding carboxylic acids is 3. The van der Waals surface area contributed by atoms with Gasteiger partial charge >= 0.3 is 0 Å². The van der Waals surface area contributed by atoms with Crippen molar-refractivity contribution in [3.63, 3.8) is 0 Å². The summed E-state index contributed by atoms with van der Waals surface area (Å²) in [6, 6.07) is 3.50. The van der Waals surface area contributed by atoms with Crippen LogP contribution in [0.15, 0.2) is 18.2 Å². The molecule has 0 aliphatic carbocycles. The highest BCUT2D eigenvalue weighted by Crippen LogP contribution is 2.17. The van der Waals surface area contributed by atoms with E-state index in [0.29, 0.717) is 5.56 Å². The van der Waals surface area contributed by atoms with E-state index in [1.165, 1.54) is 6.07 Å². The van der Waals surface area contributed by atoms with Gasteiger partial charge in [0.05, 0.1) is 5.75 Å². The molecule has 1 aromatic carbocycles. The number of thioether (sulfide) groups is 1. The molecule has 2 rings (SSSR count). The summed E-state index contributed by atoms with van der Waals surface area (Å²) in [6.45, 7) is 0.316. The van der Waals surface area contributed by atoms with Gasteiger partial charge in [-0.1, -0.05) is 17.8 Å². The first-order valence-corrected chi connectivity index (χ1v) is 7.63. The van der Waals surface area contributed by atoms with E-state index in [4.69, 9.17) is 0 Å². The van der Waals surface area contributed by atoms with Gasteiger partial charge < -0.3 is 5.32 Å². The van der Waals surface area contributed by atoms with Crippen molar-refractivity contribution >= 4 is 28.8 Å². The maximum absolute atomic E-state index is 13.0. The number of nitrogens with zero attached hydrogens (tertiary/aromatic N) is 1. The molecular weight excluding hydrogens is 314 g/mol. The largest absolute Gasteiger partial charge is 0.354 e. The lowest BCUT2D eigenvalue weighted by Crippen LogP contribution is -2.37. The van der Waals surface area contributed by atoms with Gasteiger partial charge in [-0.2, -0.15) is 0 Å². The third-order valence-electron chi connectivity index (χ3n) is 3.12. The summed E-state index contributed by atoms with van der Waals surface area (Å²) >= 11 is 0.941. The van der Waals surface area contributed by atoms with E-state index in [-0.39, 0.29) is 48.7 Å². The molecule has 1 aliphatic heterocycles. The first kappa shape index (κ1) is 16.4. The number of halogens is 2. The third-order valence-corrected chi connectivity index (χ3v) is 3.98. The highest BCUT2D eigenvalue weighted by Gasteiger charge is 2.29. The molecule has 0 saturated carbocycles. The SMILES string of the molecule is O=C(CCc1ccc(F)c(F)c1)NCCN1C(=O)CSC1=O. The summed E-state index contributed by atoms with van der Waals surface area (Å²) in [5, 5.41) is 2.28. The molecular formula is C14H14F2N2O3S. The van der Waals surface area contributed by atoms with E-state index in [9.17, 15) is 23.2 Å². The van der Waals surface area contributed by atoms with Crippen molar-refractivity contribution in [2.24, 2.45) is 0 Å². The molecule has 0 atom stereocenters. The van der Waals surface area contributed by atoms with Gasteiger partial charge in [0, 0.05) is 19.5 Å². The quantitative estimate of drug-likeness (QED) is 0.863. The van der Waals surface area contributed by atoms with Gasteiger partial charge in [-0.3, -0.25) is 19.3 Å². The molecule has 1 heterocycles. The van der Waals surface area contributed by atoms with Crippen LogP contribution in [0.3, 0.4) is 0 Å². The Labute approximate surface area is 130 Å². The number of aryl methyl sites for hydroxylation is 1. The van der Waals surface area contributed by atoms with E-state index in [1.54, 1.807) is 0 Å². The predicted octanol–water partition coefficient (Wildman–Crippen LogP) is 1.71. The zero-order chi connectivity index (χ0) is 16.1. The molecule has 8 heteroatoms. The Morgan fingerprint density at radius 1 is 1.27 bits per heavy atom. The normalized spacial score (nSPS) is 14.5. The second kappa shape index (κ2) is 7.35. The number of imide groups is 1. The summed E-state index contributed by atoms with van der Waals surface area (Å²) in [4.78, 5) is 35.4. The van der Waals surface area contributed by atoms with Crippen molar-refractivity contribution in [2.75, 3.05) is 18.8 Å². The van der Waals surface area contributed by atoms with Crippen molar-refractivity contribution in [2.45, 2.75) is 12.8 Å². The lowest BCUT2D eigenvalue weighted by molar-refractivity contribution is -0.125. The molecule has 5 nitrogen and oxygen atoms in total. The van der Waals surface area contributed by atoms with Crippen molar-refractivity contribution in [3.05, 3.63) is 35.4 Å². The monoisotopic (exact) mass is 328 g/mol. The minimum atomic E-state index is -0.943. The van der Waals surface area contributed by atoms with Gasteiger partial charge in [-0.25, -0.2) is 8.78 Å². The van der Waals surface area contributed by atoms with E-state index >= 15 is 0 Å². The van der Waals surface area contributed by atoms with Gasteiger partial charge in [0.1, 0.15) is 0 Å². The molecule has 1 saturated heterocycles. The van der Waals surface area contributed by atoms with E-state index in [2.05, 4.69) is 5.32 Å². The molecule has 0 spiro atoms. The fourth-order valence-electron chi connectivity index (χ4n) is 1.95. The maximum atomic E-state index is 13.0. The zero-order valence-corrected chi connectivity index (χ0v) is 12.4.